The molecule has 7 heteroatoms. The van der Waals surface area contributed by atoms with Gasteiger partial charge >= 0.3 is 0 Å². The molecule has 3 aliphatic heterocycles. The van der Waals surface area contributed by atoms with E-state index in [1.165, 1.54) is 21.9 Å². The molecule has 0 unspecified atom stereocenters. The highest BCUT2D eigenvalue weighted by Crippen LogP contribution is 2.70. The number of hydrogen-bond acceptors (Lipinski definition) is 5. The smallest absolute Gasteiger partial charge is 0.238 e. The lowest BCUT2D eigenvalue weighted by Gasteiger charge is -2.43. The van der Waals surface area contributed by atoms with E-state index < -0.39 is 0 Å². The molecule has 2 bridgehead atoms. The normalized spacial score (nSPS) is 36.2. The fourth-order valence-electron chi connectivity index (χ4n) is 6.96. The van der Waals surface area contributed by atoms with Gasteiger partial charge in [-0.3, -0.25) is 14.5 Å². The van der Waals surface area contributed by atoms with Gasteiger partial charge in [0.05, 0.1) is 27.6 Å². The van der Waals surface area contributed by atoms with Crippen LogP contribution in [0.4, 0.5) is 10.1 Å². The van der Waals surface area contributed by atoms with Crippen LogP contribution in [0.15, 0.2) is 76.1 Å². The molecule has 2 aromatic rings. The van der Waals surface area contributed by atoms with Crippen molar-refractivity contribution in [1.82, 2.24) is 5.32 Å². The summed E-state index contributed by atoms with van der Waals surface area (Å²) in [4.78, 5) is 29.8. The first-order valence-corrected chi connectivity index (χ1v) is 13.0. The number of carbonyl (C=O) groups is 2. The van der Waals surface area contributed by atoms with E-state index in [9.17, 15) is 14.0 Å². The fourth-order valence-corrected chi connectivity index (χ4v) is 9.94. The number of carbonyl (C=O) groups excluding carboxylic acids is 2. The van der Waals surface area contributed by atoms with Crippen LogP contribution in [0.25, 0.3) is 0 Å². The van der Waals surface area contributed by atoms with Crippen molar-refractivity contribution in [2.75, 3.05) is 4.90 Å². The molecule has 0 radical (unpaired) electrons. The average molecular weight is 477 g/mol. The zero-order valence-corrected chi connectivity index (χ0v) is 19.2. The van der Waals surface area contributed by atoms with Gasteiger partial charge < -0.3 is 5.32 Å². The fraction of sp³-hybridized carbons (Fsp3) is 0.308. The Balaban J connectivity index is 1.31. The minimum absolute atomic E-state index is 0.0426. The van der Waals surface area contributed by atoms with Crippen LogP contribution in [-0.4, -0.2) is 17.1 Å². The number of rotatable bonds is 2. The lowest BCUT2D eigenvalue weighted by molar-refractivity contribution is -0.123. The van der Waals surface area contributed by atoms with Gasteiger partial charge in [-0.2, -0.15) is 0 Å². The van der Waals surface area contributed by atoms with E-state index in [1.807, 2.05) is 54.2 Å². The van der Waals surface area contributed by atoms with Crippen molar-refractivity contribution in [3.05, 3.63) is 87.5 Å². The van der Waals surface area contributed by atoms with Crippen LogP contribution in [0.3, 0.4) is 0 Å². The number of thioether (sulfide) groups is 2. The molecule has 2 aliphatic carbocycles. The topological polar surface area (TPSA) is 49.4 Å². The zero-order chi connectivity index (χ0) is 22.4. The Bertz CT molecular complexity index is 1240. The highest BCUT2D eigenvalue weighted by Gasteiger charge is 2.69. The Kier molecular flexibility index (Phi) is 4.22. The number of halogens is 1. The molecule has 7 rings (SSSR count). The summed E-state index contributed by atoms with van der Waals surface area (Å²) >= 11 is 3.48. The number of anilines is 1. The predicted molar refractivity (Wildman–Crippen MR) is 128 cm³/mol. The van der Waals surface area contributed by atoms with Crippen molar-refractivity contribution in [2.24, 2.45) is 29.6 Å². The predicted octanol–water partition coefficient (Wildman–Crippen LogP) is 5.07. The van der Waals surface area contributed by atoms with Crippen molar-refractivity contribution in [1.29, 1.82) is 0 Å². The van der Waals surface area contributed by atoms with Crippen LogP contribution in [0.1, 0.15) is 17.9 Å². The largest absolute Gasteiger partial charge is 0.344 e. The van der Waals surface area contributed by atoms with Crippen LogP contribution < -0.4 is 10.2 Å². The summed E-state index contributed by atoms with van der Waals surface area (Å²) in [5.41, 5.74) is 1.74. The number of nitrogens with zero attached hydrogens (tertiary/aromatic N) is 1. The minimum atomic E-state index is -0.266. The Morgan fingerprint density at radius 1 is 0.970 bits per heavy atom. The molecular weight excluding hydrogens is 455 g/mol. The van der Waals surface area contributed by atoms with E-state index in [2.05, 4.69) is 11.9 Å². The Morgan fingerprint density at radius 2 is 1.67 bits per heavy atom. The minimum Gasteiger partial charge on any atom is -0.344 e. The molecule has 2 saturated carbocycles. The summed E-state index contributed by atoms with van der Waals surface area (Å²) in [5.74, 6) is -0.239. The molecule has 0 aromatic heterocycles. The van der Waals surface area contributed by atoms with Crippen LogP contribution in [0, 0.1) is 35.4 Å². The van der Waals surface area contributed by atoms with Gasteiger partial charge in [0.25, 0.3) is 0 Å². The number of imide groups is 1. The first kappa shape index (κ1) is 19.9. The van der Waals surface area contributed by atoms with Crippen LogP contribution in [-0.2, 0) is 9.59 Å². The van der Waals surface area contributed by atoms with Crippen LogP contribution in [0.2, 0.25) is 0 Å². The maximum absolute atomic E-state index is 13.7. The number of para-hydroxylation sites is 1. The molecule has 7 atom stereocenters. The number of amides is 2. The van der Waals surface area contributed by atoms with Gasteiger partial charge in [0.15, 0.2) is 0 Å². The third kappa shape index (κ3) is 2.66. The Labute approximate surface area is 199 Å². The maximum atomic E-state index is 13.7. The van der Waals surface area contributed by atoms with E-state index in [0.29, 0.717) is 5.69 Å². The van der Waals surface area contributed by atoms with Gasteiger partial charge in [-0.15, -0.1) is 11.8 Å². The highest BCUT2D eigenvalue weighted by atomic mass is 32.2. The number of allylic oxidation sites excluding steroid dienone is 1. The van der Waals surface area contributed by atoms with E-state index in [-0.39, 0.29) is 58.4 Å². The maximum Gasteiger partial charge on any atom is 0.238 e. The molecule has 5 aliphatic rings. The number of hydrogen-bond donors (Lipinski definition) is 1. The second-order valence-corrected chi connectivity index (χ2v) is 11.8. The molecule has 2 aromatic carbocycles. The number of nitrogens with one attached hydrogen (secondary N) is 1. The SMILES string of the molecule is C=C1NC2=C(S1)[C@@H](c1ccc(F)cc1)[C@@H]1[C@@H]3C[C@H]([C@@H]1S2)[C@@H]1C(=O)N(c2ccccc2)C(=O)[C@H]31. The first-order chi connectivity index (χ1) is 16.0. The van der Waals surface area contributed by atoms with Crippen LogP contribution in [0.5, 0.6) is 0 Å². The Morgan fingerprint density at radius 3 is 2.39 bits per heavy atom. The molecule has 166 valence electrons. The lowest BCUT2D eigenvalue weighted by atomic mass is 9.68. The standard InChI is InChI=1S/C26H21FN2O2S2/c1-12-28-24-23(32-12)18(13-7-9-14(27)10-8-13)19-16-11-17(22(19)33-24)21-20(16)25(30)29(26(21)31)15-5-3-2-4-6-15/h2-10,16-22,28H,1,11H2/t16-,17-,18-,19-,20+,21-,22-/m0/s1. The van der Waals surface area contributed by atoms with E-state index in [0.717, 1.165) is 22.0 Å². The third-order valence-electron chi connectivity index (χ3n) is 8.04. The molecular formula is C26H21FN2O2S2. The molecule has 2 amide bonds. The molecule has 33 heavy (non-hydrogen) atoms. The molecule has 3 fully saturated rings. The molecule has 0 spiro atoms. The second kappa shape index (κ2) is 7.00. The van der Waals surface area contributed by atoms with Crippen molar-refractivity contribution in [2.45, 2.75) is 17.6 Å². The first-order valence-electron chi connectivity index (χ1n) is 11.3. The van der Waals surface area contributed by atoms with Gasteiger partial charge in [-0.05, 0) is 54.0 Å². The van der Waals surface area contributed by atoms with Gasteiger partial charge in [0, 0.05) is 16.1 Å². The van der Waals surface area contributed by atoms with Gasteiger partial charge in [-0.1, -0.05) is 48.7 Å². The van der Waals surface area contributed by atoms with E-state index >= 15 is 0 Å². The summed E-state index contributed by atoms with van der Waals surface area (Å²) < 4.78 is 13.7. The number of benzene rings is 2. The van der Waals surface area contributed by atoms with Crippen molar-refractivity contribution in [3.63, 3.8) is 0 Å². The van der Waals surface area contributed by atoms with Crippen molar-refractivity contribution in [3.8, 4) is 0 Å². The highest BCUT2D eigenvalue weighted by molar-refractivity contribution is 8.10. The zero-order valence-electron chi connectivity index (χ0n) is 17.6. The third-order valence-corrected chi connectivity index (χ3v) is 10.7. The van der Waals surface area contributed by atoms with Gasteiger partial charge in [0.1, 0.15) is 5.82 Å². The summed E-state index contributed by atoms with van der Waals surface area (Å²) in [6, 6.07) is 16.1. The van der Waals surface area contributed by atoms with Gasteiger partial charge in [0.2, 0.25) is 11.8 Å². The molecule has 3 heterocycles. The summed E-state index contributed by atoms with van der Waals surface area (Å²) in [6.45, 7) is 4.11. The average Bonchev–Trinajstić information content (AvgIpc) is 3.54. The summed E-state index contributed by atoms with van der Waals surface area (Å²) in [6.07, 6.45) is 0.904. The molecule has 1 N–H and O–H groups in total. The quantitative estimate of drug-likeness (QED) is 0.613. The second-order valence-electron chi connectivity index (χ2n) is 9.50. The van der Waals surface area contributed by atoms with E-state index in [1.54, 1.807) is 11.8 Å². The van der Waals surface area contributed by atoms with Gasteiger partial charge in [-0.25, -0.2) is 4.39 Å². The molecule has 4 nitrogen and oxygen atoms in total. The Hall–Kier alpha value is -2.51. The monoisotopic (exact) mass is 476 g/mol. The van der Waals surface area contributed by atoms with Crippen molar-refractivity contribution >= 4 is 41.0 Å². The van der Waals surface area contributed by atoms with E-state index in [4.69, 9.17) is 0 Å². The summed E-state index contributed by atoms with van der Waals surface area (Å²) in [5, 5.41) is 5.68. The number of fused-ring (bicyclic) bond motifs is 8. The van der Waals surface area contributed by atoms with Crippen molar-refractivity contribution < 1.29 is 14.0 Å². The lowest BCUT2D eigenvalue weighted by Crippen LogP contribution is -2.43. The summed E-state index contributed by atoms with van der Waals surface area (Å²) in [7, 11) is 0. The molecule has 1 saturated heterocycles. The van der Waals surface area contributed by atoms with Crippen LogP contribution >= 0.6 is 23.5 Å².